The summed E-state index contributed by atoms with van der Waals surface area (Å²) in [6.45, 7) is 9.42. The van der Waals surface area contributed by atoms with Crippen molar-refractivity contribution in [3.8, 4) is 0 Å². The number of nitrogens with zero attached hydrogens (tertiary/aromatic N) is 2. The summed E-state index contributed by atoms with van der Waals surface area (Å²) < 4.78 is 10.2. The van der Waals surface area contributed by atoms with Gasteiger partial charge in [0.2, 0.25) is 5.91 Å². The molecule has 0 saturated heterocycles. The molecule has 2 atom stereocenters. The van der Waals surface area contributed by atoms with E-state index in [1.54, 1.807) is 10.3 Å². The number of thiazole rings is 1. The average Bonchev–Trinajstić information content (AvgIpc) is 3.36. The Kier molecular flexibility index (Phi) is 10.3. The Bertz CT molecular complexity index is 684. The summed E-state index contributed by atoms with van der Waals surface area (Å²) in [4.78, 5) is 41.9. The van der Waals surface area contributed by atoms with Crippen molar-refractivity contribution in [2.24, 2.45) is 11.8 Å². The van der Waals surface area contributed by atoms with Crippen molar-refractivity contribution >= 4 is 29.2 Å². The maximum Gasteiger partial charge on any atom is 0.357 e. The van der Waals surface area contributed by atoms with Crippen molar-refractivity contribution in [3.05, 3.63) is 16.1 Å². The summed E-state index contributed by atoms with van der Waals surface area (Å²) in [5.41, 5.74) is 0.189. The molecule has 2 unspecified atom stereocenters. The Morgan fingerprint density at radius 3 is 2.38 bits per heavy atom. The predicted octanol–water partition coefficient (Wildman–Crippen LogP) is 4.23. The van der Waals surface area contributed by atoms with Crippen LogP contribution in [-0.2, 0) is 19.1 Å². The van der Waals surface area contributed by atoms with Gasteiger partial charge in [-0.05, 0) is 24.7 Å². The lowest BCUT2D eigenvalue weighted by atomic mass is 9.96. The largest absolute Gasteiger partial charge is 0.464 e. The Morgan fingerprint density at radius 1 is 1.28 bits per heavy atom. The third-order valence-electron chi connectivity index (χ3n) is 4.78. The van der Waals surface area contributed by atoms with Crippen molar-refractivity contribution in [1.82, 2.24) is 9.88 Å². The fourth-order valence-electron chi connectivity index (χ4n) is 3.03. The molecule has 2 rings (SSSR count). The Labute approximate surface area is 177 Å². The van der Waals surface area contributed by atoms with E-state index in [2.05, 4.69) is 9.72 Å². The molecule has 0 spiro atoms. The third kappa shape index (κ3) is 7.76. The van der Waals surface area contributed by atoms with E-state index in [1.165, 1.54) is 25.4 Å². The number of methoxy groups -OCH3 is 1. The highest BCUT2D eigenvalue weighted by Crippen LogP contribution is 2.34. The van der Waals surface area contributed by atoms with Crippen LogP contribution in [0.5, 0.6) is 0 Å². The van der Waals surface area contributed by atoms with Crippen LogP contribution < -0.4 is 0 Å². The first-order valence-electron chi connectivity index (χ1n) is 10.2. The first-order chi connectivity index (χ1) is 13.7. The summed E-state index contributed by atoms with van der Waals surface area (Å²) in [5, 5.41) is 2.11. The average molecular weight is 427 g/mol. The molecule has 1 aliphatic carbocycles. The van der Waals surface area contributed by atoms with Crippen LogP contribution >= 0.6 is 11.3 Å². The molecule has 8 heteroatoms. The Hall–Kier alpha value is -1.96. The molecule has 1 fully saturated rings. The SMILES string of the molecule is CC.COC(=O)c1csc(C(CC(C(C)C)N(C)C(=O)CC2CC2)OC(C)=O)n1. The van der Waals surface area contributed by atoms with Gasteiger partial charge in [0.1, 0.15) is 5.01 Å². The van der Waals surface area contributed by atoms with Crippen molar-refractivity contribution < 1.29 is 23.9 Å². The predicted molar refractivity (Wildman–Crippen MR) is 113 cm³/mol. The molecule has 0 bridgehead atoms. The topological polar surface area (TPSA) is 85.8 Å². The molecular weight excluding hydrogens is 392 g/mol. The van der Waals surface area contributed by atoms with Gasteiger partial charge in [0.05, 0.1) is 7.11 Å². The van der Waals surface area contributed by atoms with Crippen LogP contribution in [0, 0.1) is 11.8 Å². The number of rotatable bonds is 9. The summed E-state index contributed by atoms with van der Waals surface area (Å²) in [6.07, 6.45) is 2.63. The highest BCUT2D eigenvalue weighted by atomic mass is 32.1. The van der Waals surface area contributed by atoms with E-state index in [0.717, 1.165) is 12.8 Å². The molecule has 0 radical (unpaired) electrons. The lowest BCUT2D eigenvalue weighted by Crippen LogP contribution is -2.41. The van der Waals surface area contributed by atoms with Crippen LogP contribution in [0.4, 0.5) is 0 Å². The van der Waals surface area contributed by atoms with Crippen LogP contribution in [0.15, 0.2) is 5.38 Å². The number of ether oxygens (including phenoxy) is 2. The number of esters is 2. The first kappa shape index (κ1) is 25.1. The summed E-state index contributed by atoms with van der Waals surface area (Å²) in [7, 11) is 3.10. The maximum absolute atomic E-state index is 12.6. The minimum atomic E-state index is -0.616. The Morgan fingerprint density at radius 2 is 1.90 bits per heavy atom. The van der Waals surface area contributed by atoms with Gasteiger partial charge < -0.3 is 14.4 Å². The van der Waals surface area contributed by atoms with E-state index in [1.807, 2.05) is 34.7 Å². The zero-order valence-electron chi connectivity index (χ0n) is 18.6. The molecule has 164 valence electrons. The van der Waals surface area contributed by atoms with E-state index >= 15 is 0 Å². The quantitative estimate of drug-likeness (QED) is 0.549. The fourth-order valence-corrected chi connectivity index (χ4v) is 3.86. The third-order valence-corrected chi connectivity index (χ3v) is 5.71. The lowest BCUT2D eigenvalue weighted by Gasteiger charge is -2.33. The van der Waals surface area contributed by atoms with E-state index in [0.29, 0.717) is 23.8 Å². The number of amides is 1. The van der Waals surface area contributed by atoms with Crippen molar-refractivity contribution in [1.29, 1.82) is 0 Å². The Balaban J connectivity index is 0.00000204. The lowest BCUT2D eigenvalue weighted by molar-refractivity contribution is -0.148. The molecule has 0 aromatic carbocycles. The number of aromatic nitrogens is 1. The highest BCUT2D eigenvalue weighted by Gasteiger charge is 2.33. The van der Waals surface area contributed by atoms with E-state index in [-0.39, 0.29) is 23.6 Å². The van der Waals surface area contributed by atoms with Crippen LogP contribution in [0.2, 0.25) is 0 Å². The number of hydrogen-bond donors (Lipinski definition) is 0. The fraction of sp³-hybridized carbons (Fsp3) is 0.714. The molecule has 1 aromatic rings. The second-order valence-electron chi connectivity index (χ2n) is 7.36. The number of hydrogen-bond acceptors (Lipinski definition) is 7. The number of carbonyl (C=O) groups excluding carboxylic acids is 3. The van der Waals surface area contributed by atoms with Crippen LogP contribution in [-0.4, -0.2) is 47.9 Å². The van der Waals surface area contributed by atoms with Gasteiger partial charge in [-0.15, -0.1) is 11.3 Å². The molecule has 0 aliphatic heterocycles. The second kappa shape index (κ2) is 11.9. The molecule has 29 heavy (non-hydrogen) atoms. The normalized spacial score (nSPS) is 15.0. The highest BCUT2D eigenvalue weighted by molar-refractivity contribution is 7.09. The van der Waals surface area contributed by atoms with Crippen molar-refractivity contribution in [2.75, 3.05) is 14.2 Å². The zero-order chi connectivity index (χ0) is 22.1. The van der Waals surface area contributed by atoms with E-state index in [4.69, 9.17) is 4.74 Å². The smallest absolute Gasteiger partial charge is 0.357 e. The molecule has 1 heterocycles. The summed E-state index contributed by atoms with van der Waals surface area (Å²) in [5.74, 6) is -0.150. The van der Waals surface area contributed by atoms with Gasteiger partial charge in [-0.1, -0.05) is 27.7 Å². The minimum Gasteiger partial charge on any atom is -0.464 e. The molecule has 1 aliphatic rings. The first-order valence-corrected chi connectivity index (χ1v) is 11.1. The molecule has 0 N–H and O–H groups in total. The van der Waals surface area contributed by atoms with Gasteiger partial charge >= 0.3 is 11.9 Å². The summed E-state index contributed by atoms with van der Waals surface area (Å²) >= 11 is 1.25. The van der Waals surface area contributed by atoms with Gasteiger partial charge in [-0.25, -0.2) is 9.78 Å². The molecule has 1 saturated carbocycles. The minimum absolute atomic E-state index is 0.105. The molecule has 1 amide bonds. The monoisotopic (exact) mass is 426 g/mol. The second-order valence-corrected chi connectivity index (χ2v) is 8.25. The standard InChI is InChI=1S/C19H28N2O5S.C2H6/c1-11(2)15(21(4)17(23)8-13-6-7-13)9-16(26-12(3)22)18-20-14(10-27-18)19(24)25-5;1-2/h10-11,13,15-16H,6-9H2,1-5H3;1-2H3. The van der Waals surface area contributed by atoms with Gasteiger partial charge in [0, 0.05) is 38.2 Å². The zero-order valence-corrected chi connectivity index (χ0v) is 19.4. The van der Waals surface area contributed by atoms with Crippen molar-refractivity contribution in [3.63, 3.8) is 0 Å². The van der Waals surface area contributed by atoms with Crippen LogP contribution in [0.25, 0.3) is 0 Å². The molecular formula is C21H34N2O5S. The van der Waals surface area contributed by atoms with Gasteiger partial charge in [-0.2, -0.15) is 0 Å². The summed E-state index contributed by atoms with van der Waals surface area (Å²) in [6, 6.07) is -0.105. The molecule has 7 nitrogen and oxygen atoms in total. The van der Waals surface area contributed by atoms with Gasteiger partial charge in [0.25, 0.3) is 0 Å². The van der Waals surface area contributed by atoms with E-state index in [9.17, 15) is 14.4 Å². The van der Waals surface area contributed by atoms with Crippen molar-refractivity contribution in [2.45, 2.75) is 72.4 Å². The molecule has 1 aromatic heterocycles. The van der Waals surface area contributed by atoms with Crippen LogP contribution in [0.1, 0.15) is 81.9 Å². The van der Waals surface area contributed by atoms with Crippen LogP contribution in [0.3, 0.4) is 0 Å². The van der Waals surface area contributed by atoms with E-state index < -0.39 is 18.0 Å². The maximum atomic E-state index is 12.6. The van der Waals surface area contributed by atoms with Gasteiger partial charge in [0.15, 0.2) is 11.8 Å². The van der Waals surface area contributed by atoms with Gasteiger partial charge in [-0.3, -0.25) is 9.59 Å². The number of carbonyl (C=O) groups is 3.